The highest BCUT2D eigenvalue weighted by Crippen LogP contribution is 2.38. The van der Waals surface area contributed by atoms with E-state index < -0.39 is 40.4 Å². The number of halogens is 4. The van der Waals surface area contributed by atoms with Crippen molar-refractivity contribution < 1.29 is 32.6 Å². The molecular weight excluding hydrogens is 402 g/mol. The summed E-state index contributed by atoms with van der Waals surface area (Å²) >= 11 is 0. The van der Waals surface area contributed by atoms with E-state index in [2.05, 4.69) is 4.99 Å². The van der Waals surface area contributed by atoms with Crippen molar-refractivity contribution in [2.24, 2.45) is 4.99 Å². The Morgan fingerprint density at radius 1 is 0.967 bits per heavy atom. The van der Waals surface area contributed by atoms with Gasteiger partial charge in [0.2, 0.25) is 0 Å². The molecule has 0 aliphatic carbocycles. The van der Waals surface area contributed by atoms with Crippen LogP contribution < -0.4 is 0 Å². The van der Waals surface area contributed by atoms with Gasteiger partial charge in [-0.3, -0.25) is 4.99 Å². The van der Waals surface area contributed by atoms with E-state index in [1.807, 2.05) is 0 Å². The second-order valence-electron chi connectivity index (χ2n) is 6.91. The van der Waals surface area contributed by atoms with Crippen molar-refractivity contribution in [2.45, 2.75) is 13.3 Å². The summed E-state index contributed by atoms with van der Waals surface area (Å²) in [6.07, 6.45) is -0.296. The van der Waals surface area contributed by atoms with Crippen molar-refractivity contribution in [1.29, 1.82) is 0 Å². The SMILES string of the molecule is Cc1cc2c(c(C(=O)O)c1)CC(c1c(F)c(F)c(-c3cccc(O)c3)c(F)c1F)=N2. The van der Waals surface area contributed by atoms with E-state index in [0.717, 1.165) is 6.07 Å². The third kappa shape index (κ3) is 3.01. The maximum atomic E-state index is 14.9. The standard InChI is InChI=1S/C22H13F4NO3/c1-9-5-13(22(29)30)12-8-15(27-14(12)6-9)17-20(25)18(23)16(19(24)21(17)26)10-3-2-4-11(28)7-10/h2-7,28H,8H2,1H3,(H,29,30). The molecule has 1 aliphatic heterocycles. The first kappa shape index (κ1) is 19.6. The summed E-state index contributed by atoms with van der Waals surface area (Å²) in [5.41, 5.74) is -1.64. The van der Waals surface area contributed by atoms with Crippen LogP contribution in [0.3, 0.4) is 0 Å². The summed E-state index contributed by atoms with van der Waals surface area (Å²) < 4.78 is 59.2. The monoisotopic (exact) mass is 415 g/mol. The van der Waals surface area contributed by atoms with Gasteiger partial charge >= 0.3 is 5.97 Å². The smallest absolute Gasteiger partial charge is 0.336 e. The molecule has 0 aromatic heterocycles. The van der Waals surface area contributed by atoms with Crippen molar-refractivity contribution in [1.82, 2.24) is 0 Å². The topological polar surface area (TPSA) is 69.9 Å². The Balaban J connectivity index is 1.89. The minimum atomic E-state index is -1.65. The number of aliphatic imine (C=N–C) groups is 1. The lowest BCUT2D eigenvalue weighted by Crippen LogP contribution is -2.14. The fourth-order valence-electron chi connectivity index (χ4n) is 3.57. The molecule has 30 heavy (non-hydrogen) atoms. The summed E-state index contributed by atoms with van der Waals surface area (Å²) in [6, 6.07) is 7.61. The van der Waals surface area contributed by atoms with Crippen LogP contribution in [0, 0.1) is 30.2 Å². The number of carbonyl (C=O) groups is 1. The first-order chi connectivity index (χ1) is 14.2. The molecule has 3 aromatic carbocycles. The van der Waals surface area contributed by atoms with Gasteiger partial charge in [0.1, 0.15) is 5.75 Å². The van der Waals surface area contributed by atoms with Gasteiger partial charge in [0.05, 0.1) is 28.1 Å². The van der Waals surface area contributed by atoms with Crippen molar-refractivity contribution in [3.8, 4) is 16.9 Å². The van der Waals surface area contributed by atoms with Crippen molar-refractivity contribution in [3.63, 3.8) is 0 Å². The van der Waals surface area contributed by atoms with E-state index in [0.29, 0.717) is 5.56 Å². The molecule has 0 radical (unpaired) electrons. The minimum absolute atomic E-state index is 0.0955. The summed E-state index contributed by atoms with van der Waals surface area (Å²) in [5, 5.41) is 18.9. The fraction of sp³-hybridized carbons (Fsp3) is 0.0909. The Bertz CT molecular complexity index is 1240. The van der Waals surface area contributed by atoms with E-state index in [-0.39, 0.29) is 40.3 Å². The van der Waals surface area contributed by atoms with E-state index in [1.165, 1.54) is 30.3 Å². The molecule has 0 amide bonds. The molecule has 2 N–H and O–H groups in total. The lowest BCUT2D eigenvalue weighted by molar-refractivity contribution is 0.0696. The Labute approximate surface area is 167 Å². The number of carboxylic acid groups (broad SMARTS) is 1. The first-order valence-corrected chi connectivity index (χ1v) is 8.79. The second kappa shape index (κ2) is 6.98. The van der Waals surface area contributed by atoms with Crippen LogP contribution in [0.15, 0.2) is 41.4 Å². The number of hydrogen-bond donors (Lipinski definition) is 2. The zero-order chi connectivity index (χ0) is 21.7. The number of phenolic OH excluding ortho intramolecular Hbond substituents is 1. The number of carboxylic acids is 1. The molecule has 1 aliphatic rings. The van der Waals surface area contributed by atoms with Gasteiger partial charge in [0.25, 0.3) is 0 Å². The molecule has 0 saturated heterocycles. The highest BCUT2D eigenvalue weighted by molar-refractivity contribution is 6.09. The number of fused-ring (bicyclic) bond motifs is 1. The van der Waals surface area contributed by atoms with Crippen LogP contribution in [0.25, 0.3) is 11.1 Å². The molecule has 0 saturated carbocycles. The van der Waals surface area contributed by atoms with Gasteiger partial charge in [-0.15, -0.1) is 0 Å². The zero-order valence-corrected chi connectivity index (χ0v) is 15.4. The van der Waals surface area contributed by atoms with E-state index in [4.69, 9.17) is 0 Å². The molecule has 0 spiro atoms. The van der Waals surface area contributed by atoms with Crippen molar-refractivity contribution >= 4 is 17.4 Å². The van der Waals surface area contributed by atoms with Crippen LogP contribution in [0.2, 0.25) is 0 Å². The predicted molar refractivity (Wildman–Crippen MR) is 101 cm³/mol. The van der Waals surface area contributed by atoms with Gasteiger partial charge in [0.15, 0.2) is 23.3 Å². The van der Waals surface area contributed by atoms with E-state index >= 15 is 0 Å². The second-order valence-corrected chi connectivity index (χ2v) is 6.91. The molecule has 4 rings (SSSR count). The highest BCUT2D eigenvalue weighted by atomic mass is 19.2. The van der Waals surface area contributed by atoms with Gasteiger partial charge < -0.3 is 10.2 Å². The van der Waals surface area contributed by atoms with E-state index in [1.54, 1.807) is 6.92 Å². The zero-order valence-electron chi connectivity index (χ0n) is 15.4. The quantitative estimate of drug-likeness (QED) is 0.451. The van der Waals surface area contributed by atoms with Crippen molar-refractivity contribution in [3.05, 3.63) is 81.9 Å². The molecular formula is C22H13F4NO3. The summed E-state index contributed by atoms with van der Waals surface area (Å²) in [6.45, 7) is 1.63. The lowest BCUT2D eigenvalue weighted by Gasteiger charge is -2.12. The van der Waals surface area contributed by atoms with Crippen LogP contribution in [-0.2, 0) is 6.42 Å². The average Bonchev–Trinajstić information content (AvgIpc) is 3.09. The molecule has 152 valence electrons. The van der Waals surface area contributed by atoms with Gasteiger partial charge in [-0.2, -0.15) is 0 Å². The molecule has 0 bridgehead atoms. The number of rotatable bonds is 3. The average molecular weight is 415 g/mol. The Kier molecular flexibility index (Phi) is 4.57. The molecule has 1 heterocycles. The van der Waals surface area contributed by atoms with E-state index in [9.17, 15) is 32.6 Å². The Morgan fingerprint density at radius 2 is 1.60 bits per heavy atom. The number of nitrogens with zero attached hydrogens (tertiary/aromatic N) is 1. The van der Waals surface area contributed by atoms with Crippen LogP contribution in [0.5, 0.6) is 5.75 Å². The first-order valence-electron chi connectivity index (χ1n) is 8.79. The summed E-state index contributed by atoms with van der Waals surface area (Å²) in [7, 11) is 0. The number of benzene rings is 3. The largest absolute Gasteiger partial charge is 0.508 e. The Hall–Kier alpha value is -3.68. The third-order valence-corrected chi connectivity index (χ3v) is 4.89. The lowest BCUT2D eigenvalue weighted by atomic mass is 9.95. The molecule has 4 nitrogen and oxygen atoms in total. The summed E-state index contributed by atoms with van der Waals surface area (Å²) in [5.74, 6) is -8.14. The molecule has 0 atom stereocenters. The highest BCUT2D eigenvalue weighted by Gasteiger charge is 2.32. The van der Waals surface area contributed by atoms with Gasteiger partial charge in [-0.1, -0.05) is 12.1 Å². The number of aryl methyl sites for hydroxylation is 1. The number of aromatic hydroxyl groups is 1. The molecule has 3 aromatic rings. The van der Waals surface area contributed by atoms with Gasteiger partial charge in [-0.05, 0) is 47.9 Å². The molecule has 0 fully saturated rings. The van der Waals surface area contributed by atoms with Gasteiger partial charge in [0, 0.05) is 6.42 Å². The number of aromatic carboxylic acids is 1. The number of hydrogen-bond acceptors (Lipinski definition) is 3. The predicted octanol–water partition coefficient (Wildman–Crippen LogP) is 5.30. The number of phenols is 1. The Morgan fingerprint density at radius 3 is 2.20 bits per heavy atom. The van der Waals surface area contributed by atoms with Crippen LogP contribution in [-0.4, -0.2) is 21.9 Å². The normalized spacial score (nSPS) is 12.6. The van der Waals surface area contributed by atoms with Crippen LogP contribution in [0.1, 0.15) is 27.0 Å². The molecule has 0 unspecified atom stereocenters. The third-order valence-electron chi connectivity index (χ3n) is 4.89. The maximum Gasteiger partial charge on any atom is 0.336 e. The maximum absolute atomic E-state index is 14.9. The minimum Gasteiger partial charge on any atom is -0.508 e. The van der Waals surface area contributed by atoms with Gasteiger partial charge in [-0.25, -0.2) is 22.4 Å². The summed E-state index contributed by atoms with van der Waals surface area (Å²) in [4.78, 5) is 15.5. The van der Waals surface area contributed by atoms with Crippen LogP contribution in [0.4, 0.5) is 23.2 Å². The van der Waals surface area contributed by atoms with Crippen LogP contribution >= 0.6 is 0 Å². The fourth-order valence-corrected chi connectivity index (χ4v) is 3.57. The molecule has 8 heteroatoms. The van der Waals surface area contributed by atoms with Crippen molar-refractivity contribution in [2.75, 3.05) is 0 Å².